The third-order valence-electron chi connectivity index (χ3n) is 5.75. The zero-order valence-corrected chi connectivity index (χ0v) is 19.0. The topological polar surface area (TPSA) is 151 Å². The smallest absolute Gasteiger partial charge is 0.407 e. The van der Waals surface area contributed by atoms with Crippen molar-refractivity contribution in [2.45, 2.75) is 31.4 Å². The molecule has 0 spiro atoms. The van der Waals surface area contributed by atoms with Gasteiger partial charge in [-0.3, -0.25) is 9.59 Å². The van der Waals surface area contributed by atoms with E-state index in [1.807, 2.05) is 48.5 Å². The average molecular weight is 479 g/mol. The Morgan fingerprint density at radius 3 is 2.31 bits per heavy atom. The number of aliphatic carboxylic acids is 1. The number of carboxylic acid groups (broad SMARTS) is 1. The number of benzene rings is 2. The van der Waals surface area contributed by atoms with Crippen molar-refractivity contribution >= 4 is 18.0 Å². The highest BCUT2D eigenvalue weighted by Crippen LogP contribution is 2.44. The molecule has 0 radical (unpaired) electrons. The fourth-order valence-corrected chi connectivity index (χ4v) is 4.13. The third-order valence-corrected chi connectivity index (χ3v) is 5.75. The zero-order valence-electron chi connectivity index (χ0n) is 19.0. The Morgan fingerprint density at radius 1 is 1.06 bits per heavy atom. The predicted octanol–water partition coefficient (Wildman–Crippen LogP) is 2.67. The number of aromatic nitrogens is 1. The normalized spacial score (nSPS) is 13.9. The number of nitrogens with one attached hydrogen (secondary N) is 2. The van der Waals surface area contributed by atoms with Crippen LogP contribution >= 0.6 is 0 Å². The number of fused-ring (bicyclic) bond motifs is 3. The van der Waals surface area contributed by atoms with Crippen LogP contribution in [0.3, 0.4) is 0 Å². The van der Waals surface area contributed by atoms with Crippen molar-refractivity contribution in [3.63, 3.8) is 0 Å². The summed E-state index contributed by atoms with van der Waals surface area (Å²) in [6.45, 7) is 0.987. The first kappa shape index (κ1) is 24.0. The number of carbonyl (C=O) groups is 3. The summed E-state index contributed by atoms with van der Waals surface area (Å²) in [5, 5.41) is 23.8. The number of rotatable bonds is 9. The molecule has 10 nitrogen and oxygen atoms in total. The molecule has 1 aliphatic rings. The summed E-state index contributed by atoms with van der Waals surface area (Å²) in [5.74, 6) is -1.86. The highest BCUT2D eigenvalue weighted by atomic mass is 16.5. The molecule has 1 atom stereocenters. The molecule has 4 N–H and O–H groups in total. The molecule has 35 heavy (non-hydrogen) atoms. The number of alkyl carbamates (subject to hydrolysis) is 1. The first-order valence-corrected chi connectivity index (χ1v) is 11.0. The lowest BCUT2D eigenvalue weighted by Crippen LogP contribution is -2.42. The quantitative estimate of drug-likeness (QED) is 0.366. The van der Waals surface area contributed by atoms with Crippen molar-refractivity contribution in [3.8, 4) is 11.1 Å². The van der Waals surface area contributed by atoms with E-state index < -0.39 is 30.0 Å². The van der Waals surface area contributed by atoms with Crippen molar-refractivity contribution < 1.29 is 33.8 Å². The van der Waals surface area contributed by atoms with E-state index in [9.17, 15) is 19.5 Å². The number of ether oxygens (including phenoxy) is 1. The molecule has 0 saturated heterocycles. The SMILES string of the molecule is CC(O)(CNC(=O)c1ncoc1CNC(=O)OCC1c2ccccc2-c2ccccc21)CC(=O)O. The van der Waals surface area contributed by atoms with Crippen LogP contribution in [-0.2, 0) is 16.1 Å². The van der Waals surface area contributed by atoms with Crippen molar-refractivity contribution in [3.05, 3.63) is 77.5 Å². The molecule has 1 unspecified atom stereocenters. The number of hydrogen-bond donors (Lipinski definition) is 4. The van der Waals surface area contributed by atoms with Crippen molar-refractivity contribution in [1.29, 1.82) is 0 Å². The van der Waals surface area contributed by atoms with Gasteiger partial charge in [0.05, 0.1) is 18.6 Å². The summed E-state index contributed by atoms with van der Waals surface area (Å²) in [4.78, 5) is 39.4. The lowest BCUT2D eigenvalue weighted by molar-refractivity contribution is -0.141. The van der Waals surface area contributed by atoms with Gasteiger partial charge in [-0.05, 0) is 29.2 Å². The maximum atomic E-state index is 12.4. The van der Waals surface area contributed by atoms with Gasteiger partial charge in [0, 0.05) is 12.5 Å². The van der Waals surface area contributed by atoms with E-state index in [1.54, 1.807) is 0 Å². The molecule has 1 aliphatic carbocycles. The molecule has 4 rings (SSSR count). The summed E-state index contributed by atoms with van der Waals surface area (Å²) >= 11 is 0. The second-order valence-corrected chi connectivity index (χ2v) is 8.55. The van der Waals surface area contributed by atoms with E-state index >= 15 is 0 Å². The molecule has 1 heterocycles. The summed E-state index contributed by atoms with van der Waals surface area (Å²) < 4.78 is 10.7. The van der Waals surface area contributed by atoms with Crippen LogP contribution in [0, 0.1) is 0 Å². The lowest BCUT2D eigenvalue weighted by atomic mass is 9.98. The molecule has 3 aromatic rings. The van der Waals surface area contributed by atoms with Crippen LogP contribution in [0.1, 0.15) is 46.6 Å². The van der Waals surface area contributed by atoms with Crippen LogP contribution in [-0.4, -0.2) is 51.9 Å². The number of carboxylic acids is 1. The molecule has 10 heteroatoms. The Balaban J connectivity index is 1.32. The van der Waals surface area contributed by atoms with Crippen LogP contribution < -0.4 is 10.6 Å². The molecule has 1 aromatic heterocycles. The van der Waals surface area contributed by atoms with Gasteiger partial charge in [-0.1, -0.05) is 48.5 Å². The molecule has 0 aliphatic heterocycles. The molecule has 0 bridgehead atoms. The standard InChI is InChI=1S/C25H25N3O7/c1-25(33,10-21(29)30)13-27-23(31)22-20(35-14-28-22)11-26-24(32)34-12-19-17-8-4-2-6-15(17)16-7-3-5-9-18(16)19/h2-9,14,19,33H,10-13H2,1H3,(H,26,32)(H,27,31)(H,29,30). The van der Waals surface area contributed by atoms with Crippen LogP contribution in [0.5, 0.6) is 0 Å². The Hall–Kier alpha value is -4.18. The van der Waals surface area contributed by atoms with Gasteiger partial charge in [-0.2, -0.15) is 0 Å². The second kappa shape index (κ2) is 9.98. The van der Waals surface area contributed by atoms with Gasteiger partial charge in [-0.25, -0.2) is 9.78 Å². The summed E-state index contributed by atoms with van der Waals surface area (Å²) in [6.07, 6.45) is -0.166. The number of nitrogens with zero attached hydrogens (tertiary/aromatic N) is 1. The van der Waals surface area contributed by atoms with E-state index in [2.05, 4.69) is 15.6 Å². The van der Waals surface area contributed by atoms with Gasteiger partial charge in [0.25, 0.3) is 5.91 Å². The van der Waals surface area contributed by atoms with Crippen LogP contribution in [0.15, 0.2) is 59.3 Å². The van der Waals surface area contributed by atoms with Crippen LogP contribution in [0.25, 0.3) is 11.1 Å². The molecule has 0 fully saturated rings. The van der Waals surface area contributed by atoms with Gasteiger partial charge < -0.3 is 30.0 Å². The van der Waals surface area contributed by atoms with Crippen LogP contribution in [0.4, 0.5) is 4.79 Å². The first-order valence-electron chi connectivity index (χ1n) is 11.0. The molecule has 182 valence electrons. The molecular formula is C25H25N3O7. The number of oxazole rings is 1. The lowest BCUT2D eigenvalue weighted by Gasteiger charge is -2.21. The minimum atomic E-state index is -1.63. The van der Waals surface area contributed by atoms with E-state index in [4.69, 9.17) is 14.3 Å². The van der Waals surface area contributed by atoms with Gasteiger partial charge in [0.2, 0.25) is 0 Å². The Labute approximate surface area is 200 Å². The van der Waals surface area contributed by atoms with E-state index in [-0.39, 0.29) is 37.1 Å². The van der Waals surface area contributed by atoms with Crippen molar-refractivity contribution in [2.24, 2.45) is 0 Å². The van der Waals surface area contributed by atoms with Gasteiger partial charge in [-0.15, -0.1) is 0 Å². The maximum Gasteiger partial charge on any atom is 0.407 e. The fourth-order valence-electron chi connectivity index (χ4n) is 4.13. The minimum Gasteiger partial charge on any atom is -0.481 e. The number of aliphatic hydroxyl groups is 1. The van der Waals surface area contributed by atoms with Crippen molar-refractivity contribution in [2.75, 3.05) is 13.2 Å². The van der Waals surface area contributed by atoms with Gasteiger partial charge >= 0.3 is 12.1 Å². The van der Waals surface area contributed by atoms with Gasteiger partial charge in [0.1, 0.15) is 6.61 Å². The molecule has 2 amide bonds. The molecule has 2 aromatic carbocycles. The van der Waals surface area contributed by atoms with Gasteiger partial charge in [0.15, 0.2) is 17.8 Å². The number of hydrogen-bond acceptors (Lipinski definition) is 7. The number of amides is 2. The predicted molar refractivity (Wildman–Crippen MR) is 124 cm³/mol. The first-order chi connectivity index (χ1) is 16.7. The van der Waals surface area contributed by atoms with Crippen LogP contribution in [0.2, 0.25) is 0 Å². The highest BCUT2D eigenvalue weighted by molar-refractivity contribution is 5.93. The zero-order chi connectivity index (χ0) is 25.0. The van der Waals surface area contributed by atoms with E-state index in [0.29, 0.717) is 0 Å². The van der Waals surface area contributed by atoms with E-state index in [1.165, 1.54) is 6.92 Å². The van der Waals surface area contributed by atoms with E-state index in [0.717, 1.165) is 28.6 Å². The largest absolute Gasteiger partial charge is 0.481 e. The fraction of sp³-hybridized carbons (Fsp3) is 0.280. The molecular weight excluding hydrogens is 454 g/mol. The Bertz CT molecular complexity index is 1210. The summed E-state index contributed by atoms with van der Waals surface area (Å²) in [6, 6.07) is 16.0. The minimum absolute atomic E-state index is 0.0848. The maximum absolute atomic E-state index is 12.4. The number of carbonyl (C=O) groups excluding carboxylic acids is 2. The third kappa shape index (κ3) is 5.49. The molecule has 0 saturated carbocycles. The van der Waals surface area contributed by atoms with Crippen molar-refractivity contribution in [1.82, 2.24) is 15.6 Å². The monoisotopic (exact) mass is 479 g/mol. The Morgan fingerprint density at radius 2 is 1.69 bits per heavy atom. The summed E-state index contributed by atoms with van der Waals surface area (Å²) in [7, 11) is 0. The highest BCUT2D eigenvalue weighted by Gasteiger charge is 2.29. The second-order valence-electron chi connectivity index (χ2n) is 8.55. The summed E-state index contributed by atoms with van der Waals surface area (Å²) in [5.41, 5.74) is 2.71. The Kier molecular flexibility index (Phi) is 6.83. The average Bonchev–Trinajstić information content (AvgIpc) is 3.42.